The van der Waals surface area contributed by atoms with Gasteiger partial charge in [0.2, 0.25) is 0 Å². The van der Waals surface area contributed by atoms with Crippen LogP contribution in [-0.2, 0) is 4.74 Å². The van der Waals surface area contributed by atoms with E-state index in [-0.39, 0.29) is 6.03 Å². The summed E-state index contributed by atoms with van der Waals surface area (Å²) in [6, 6.07) is 5.47. The van der Waals surface area contributed by atoms with Crippen LogP contribution in [0, 0.1) is 0 Å². The van der Waals surface area contributed by atoms with E-state index in [1.807, 2.05) is 23.1 Å². The van der Waals surface area contributed by atoms with Gasteiger partial charge in [-0.05, 0) is 18.2 Å². The van der Waals surface area contributed by atoms with E-state index < -0.39 is 0 Å². The molecule has 2 aliphatic heterocycles. The summed E-state index contributed by atoms with van der Waals surface area (Å²) >= 11 is 0. The molecule has 140 valence electrons. The zero-order chi connectivity index (χ0) is 17.8. The number of carbonyl (C=O) groups excluding carboxylic acids is 1. The Morgan fingerprint density at radius 2 is 1.69 bits per heavy atom. The lowest BCUT2D eigenvalue weighted by molar-refractivity contribution is 0.0311. The maximum absolute atomic E-state index is 12.5. The van der Waals surface area contributed by atoms with E-state index in [2.05, 4.69) is 30.5 Å². The molecule has 0 saturated carbocycles. The molecule has 0 bridgehead atoms. The summed E-state index contributed by atoms with van der Waals surface area (Å²) in [7, 11) is 0. The highest BCUT2D eigenvalue weighted by Gasteiger charge is 2.22. The van der Waals surface area contributed by atoms with Crippen molar-refractivity contribution in [2.75, 3.05) is 70.9 Å². The largest absolute Gasteiger partial charge is 0.379 e. The third kappa shape index (κ3) is 4.12. The number of aromatic nitrogens is 3. The highest BCUT2D eigenvalue weighted by Crippen LogP contribution is 2.15. The number of nitrogens with one attached hydrogen (secondary N) is 2. The molecule has 2 saturated heterocycles. The second kappa shape index (κ2) is 7.98. The Labute approximate surface area is 152 Å². The van der Waals surface area contributed by atoms with Crippen molar-refractivity contribution >= 4 is 22.8 Å². The Balaban J connectivity index is 1.22. The second-order valence-electron chi connectivity index (χ2n) is 6.74. The van der Waals surface area contributed by atoms with Gasteiger partial charge in [0.05, 0.1) is 13.2 Å². The molecule has 0 unspecified atom stereocenters. The minimum absolute atomic E-state index is 0.0549. The van der Waals surface area contributed by atoms with Crippen molar-refractivity contribution in [3.05, 3.63) is 18.2 Å². The minimum atomic E-state index is -0.0549. The van der Waals surface area contributed by atoms with Gasteiger partial charge >= 0.3 is 6.03 Å². The number of urea groups is 1. The van der Waals surface area contributed by atoms with Gasteiger partial charge in [0, 0.05) is 58.0 Å². The zero-order valence-electron chi connectivity index (χ0n) is 14.9. The summed E-state index contributed by atoms with van der Waals surface area (Å²) in [5.41, 5.74) is 2.28. The summed E-state index contributed by atoms with van der Waals surface area (Å²) in [4.78, 5) is 19.2. The molecule has 0 aliphatic carbocycles. The first kappa shape index (κ1) is 17.2. The number of benzene rings is 1. The molecule has 0 atom stereocenters. The topological polar surface area (TPSA) is 89.6 Å². The number of hydrogen-bond donors (Lipinski definition) is 2. The van der Waals surface area contributed by atoms with Gasteiger partial charge in [-0.15, -0.1) is 0 Å². The molecule has 1 aromatic heterocycles. The SMILES string of the molecule is O=C(Nc1ccc2n[nH]nc2c1)N1CCN(CCN2CCOCC2)CC1. The molecule has 0 spiro atoms. The maximum atomic E-state index is 12.5. The number of carbonyl (C=O) groups is 1. The average molecular weight is 359 g/mol. The van der Waals surface area contributed by atoms with Gasteiger partial charge in [-0.3, -0.25) is 9.80 Å². The number of morpholine rings is 1. The third-order valence-electron chi connectivity index (χ3n) is 5.06. The van der Waals surface area contributed by atoms with Crippen LogP contribution in [0.25, 0.3) is 11.0 Å². The molecular weight excluding hydrogens is 334 g/mol. The fraction of sp³-hybridized carbons (Fsp3) is 0.588. The Morgan fingerprint density at radius 1 is 1.00 bits per heavy atom. The van der Waals surface area contributed by atoms with Crippen LogP contribution in [0.3, 0.4) is 0 Å². The Bertz CT molecular complexity index is 736. The molecule has 0 radical (unpaired) electrons. The van der Waals surface area contributed by atoms with E-state index in [1.54, 1.807) is 0 Å². The molecule has 2 fully saturated rings. The van der Waals surface area contributed by atoms with Gasteiger partial charge in [0.1, 0.15) is 11.0 Å². The van der Waals surface area contributed by atoms with Gasteiger partial charge in [-0.1, -0.05) is 0 Å². The van der Waals surface area contributed by atoms with Gasteiger partial charge in [-0.2, -0.15) is 15.4 Å². The fourth-order valence-corrected chi connectivity index (χ4v) is 3.40. The predicted molar refractivity (Wildman–Crippen MR) is 98.2 cm³/mol. The molecular formula is C17H25N7O2. The summed E-state index contributed by atoms with van der Waals surface area (Å²) in [5.74, 6) is 0. The van der Waals surface area contributed by atoms with E-state index >= 15 is 0 Å². The maximum Gasteiger partial charge on any atom is 0.321 e. The average Bonchev–Trinajstić information content (AvgIpc) is 3.15. The lowest BCUT2D eigenvalue weighted by Gasteiger charge is -2.36. The zero-order valence-corrected chi connectivity index (χ0v) is 14.9. The molecule has 9 heteroatoms. The summed E-state index contributed by atoms with van der Waals surface area (Å²) < 4.78 is 5.38. The highest BCUT2D eigenvalue weighted by atomic mass is 16.5. The summed E-state index contributed by atoms with van der Waals surface area (Å²) in [6.45, 7) is 9.20. The minimum Gasteiger partial charge on any atom is -0.379 e. The summed E-state index contributed by atoms with van der Waals surface area (Å²) in [6.07, 6.45) is 0. The quantitative estimate of drug-likeness (QED) is 0.823. The lowest BCUT2D eigenvalue weighted by Crippen LogP contribution is -2.51. The molecule has 4 rings (SSSR count). The van der Waals surface area contributed by atoms with Gasteiger partial charge in [-0.25, -0.2) is 4.79 Å². The number of fused-ring (bicyclic) bond motifs is 1. The van der Waals surface area contributed by atoms with E-state index in [4.69, 9.17) is 4.74 Å². The normalized spacial score (nSPS) is 19.8. The van der Waals surface area contributed by atoms with Crippen molar-refractivity contribution < 1.29 is 9.53 Å². The van der Waals surface area contributed by atoms with Gasteiger partial charge < -0.3 is 15.0 Å². The van der Waals surface area contributed by atoms with Crippen LogP contribution in [0.5, 0.6) is 0 Å². The first-order chi connectivity index (χ1) is 12.8. The van der Waals surface area contributed by atoms with Crippen molar-refractivity contribution in [2.24, 2.45) is 0 Å². The smallest absolute Gasteiger partial charge is 0.321 e. The third-order valence-corrected chi connectivity index (χ3v) is 5.06. The van der Waals surface area contributed by atoms with E-state index in [1.165, 1.54) is 0 Å². The molecule has 26 heavy (non-hydrogen) atoms. The van der Waals surface area contributed by atoms with E-state index in [0.717, 1.165) is 82.3 Å². The number of hydrogen-bond acceptors (Lipinski definition) is 6. The molecule has 3 heterocycles. The lowest BCUT2D eigenvalue weighted by atomic mass is 10.2. The number of amides is 2. The van der Waals surface area contributed by atoms with E-state index in [0.29, 0.717) is 0 Å². The summed E-state index contributed by atoms with van der Waals surface area (Å²) in [5, 5.41) is 13.6. The standard InChI is InChI=1S/C17H25N7O2/c25-17(18-14-1-2-15-16(13-14)20-21-19-15)24-7-5-22(6-8-24)3-4-23-9-11-26-12-10-23/h1-2,13H,3-12H2,(H,18,25)(H,19,20,21). The van der Waals surface area contributed by atoms with Crippen LogP contribution in [0.1, 0.15) is 0 Å². The number of piperazine rings is 1. The molecule has 2 aromatic rings. The Morgan fingerprint density at radius 3 is 2.46 bits per heavy atom. The second-order valence-corrected chi connectivity index (χ2v) is 6.74. The van der Waals surface area contributed by atoms with Crippen molar-refractivity contribution in [2.45, 2.75) is 0 Å². The first-order valence-electron chi connectivity index (χ1n) is 9.17. The van der Waals surface area contributed by atoms with Crippen LogP contribution in [0.15, 0.2) is 18.2 Å². The van der Waals surface area contributed by atoms with Crippen molar-refractivity contribution in [3.8, 4) is 0 Å². The molecule has 9 nitrogen and oxygen atoms in total. The van der Waals surface area contributed by atoms with Gasteiger partial charge in [0.15, 0.2) is 0 Å². The van der Waals surface area contributed by atoms with Crippen molar-refractivity contribution in [1.29, 1.82) is 0 Å². The Hall–Kier alpha value is -2.23. The Kier molecular flexibility index (Phi) is 5.28. The molecule has 1 aromatic carbocycles. The fourth-order valence-electron chi connectivity index (χ4n) is 3.40. The first-order valence-corrected chi connectivity index (χ1v) is 9.17. The number of nitrogens with zero attached hydrogens (tertiary/aromatic N) is 5. The molecule has 2 aliphatic rings. The van der Waals surface area contributed by atoms with Crippen LogP contribution in [0.4, 0.5) is 10.5 Å². The van der Waals surface area contributed by atoms with Gasteiger partial charge in [0.25, 0.3) is 0 Å². The van der Waals surface area contributed by atoms with Crippen LogP contribution in [-0.4, -0.2) is 102 Å². The number of aromatic amines is 1. The molecule has 2 amide bonds. The predicted octanol–water partition coefficient (Wildman–Crippen LogP) is 0.440. The molecule has 2 N–H and O–H groups in total. The van der Waals surface area contributed by atoms with E-state index in [9.17, 15) is 4.79 Å². The van der Waals surface area contributed by atoms with Crippen molar-refractivity contribution in [1.82, 2.24) is 30.1 Å². The van der Waals surface area contributed by atoms with Crippen LogP contribution < -0.4 is 5.32 Å². The number of H-pyrrole nitrogens is 1. The monoisotopic (exact) mass is 359 g/mol. The highest BCUT2D eigenvalue weighted by molar-refractivity contribution is 5.91. The van der Waals surface area contributed by atoms with Crippen LogP contribution >= 0.6 is 0 Å². The number of ether oxygens (including phenoxy) is 1. The number of anilines is 1. The number of rotatable bonds is 4. The van der Waals surface area contributed by atoms with Crippen LogP contribution in [0.2, 0.25) is 0 Å². The van der Waals surface area contributed by atoms with Crippen molar-refractivity contribution in [3.63, 3.8) is 0 Å².